The highest BCUT2D eigenvalue weighted by atomic mass is 16.5. The number of pyridine rings is 1. The van der Waals surface area contributed by atoms with Crippen LogP contribution in [0.4, 0.5) is 5.82 Å². The fourth-order valence-electron chi connectivity index (χ4n) is 2.74. The van der Waals surface area contributed by atoms with Crippen molar-refractivity contribution in [3.8, 4) is 6.07 Å². The lowest BCUT2D eigenvalue weighted by Crippen LogP contribution is -2.45. The summed E-state index contributed by atoms with van der Waals surface area (Å²) in [6.07, 6.45) is 4.59. The molecule has 1 saturated heterocycles. The number of nitriles is 1. The molecule has 1 N–H and O–H groups in total. The van der Waals surface area contributed by atoms with E-state index in [1.807, 2.05) is 0 Å². The van der Waals surface area contributed by atoms with Crippen LogP contribution in [0.5, 0.6) is 0 Å². The molecule has 0 aliphatic carbocycles. The lowest BCUT2D eigenvalue weighted by atomic mass is 10.2. The molecule has 1 fully saturated rings. The SMILES string of the molecule is C[C@H]1CN(CCCCNc2cc(C#N)ccn2)C[C@H](C)O1. The number of unbranched alkanes of at least 4 members (excludes halogenated alkanes) is 1. The predicted octanol–water partition coefficient (Wildman–Crippen LogP) is 2.25. The summed E-state index contributed by atoms with van der Waals surface area (Å²) >= 11 is 0. The molecule has 5 heteroatoms. The monoisotopic (exact) mass is 288 g/mol. The number of hydrogen-bond acceptors (Lipinski definition) is 5. The zero-order chi connectivity index (χ0) is 15.1. The summed E-state index contributed by atoms with van der Waals surface area (Å²) in [6, 6.07) is 5.62. The quantitative estimate of drug-likeness (QED) is 0.814. The lowest BCUT2D eigenvalue weighted by molar-refractivity contribution is -0.0681. The summed E-state index contributed by atoms with van der Waals surface area (Å²) in [5, 5.41) is 12.1. The van der Waals surface area contributed by atoms with E-state index in [2.05, 4.69) is 35.1 Å². The molecule has 0 amide bonds. The summed E-state index contributed by atoms with van der Waals surface area (Å²) in [6.45, 7) is 8.34. The van der Waals surface area contributed by atoms with Crippen molar-refractivity contribution in [2.75, 3.05) is 31.5 Å². The van der Waals surface area contributed by atoms with Gasteiger partial charge in [0.05, 0.1) is 23.8 Å². The average molecular weight is 288 g/mol. The van der Waals surface area contributed by atoms with Crippen LogP contribution in [0, 0.1) is 11.3 Å². The predicted molar refractivity (Wildman–Crippen MR) is 83.1 cm³/mol. The van der Waals surface area contributed by atoms with E-state index in [4.69, 9.17) is 10.00 Å². The van der Waals surface area contributed by atoms with Crippen molar-refractivity contribution in [1.82, 2.24) is 9.88 Å². The third kappa shape index (κ3) is 5.33. The van der Waals surface area contributed by atoms with E-state index in [0.717, 1.165) is 44.8 Å². The van der Waals surface area contributed by atoms with Crippen molar-refractivity contribution in [3.63, 3.8) is 0 Å². The van der Waals surface area contributed by atoms with Crippen LogP contribution in [-0.4, -0.2) is 48.3 Å². The molecule has 0 aromatic carbocycles. The van der Waals surface area contributed by atoms with E-state index < -0.39 is 0 Å². The fraction of sp³-hybridized carbons (Fsp3) is 0.625. The smallest absolute Gasteiger partial charge is 0.127 e. The number of nitrogens with one attached hydrogen (secondary N) is 1. The van der Waals surface area contributed by atoms with Crippen molar-refractivity contribution in [2.24, 2.45) is 0 Å². The van der Waals surface area contributed by atoms with Gasteiger partial charge in [-0.1, -0.05) is 0 Å². The molecule has 0 unspecified atom stereocenters. The van der Waals surface area contributed by atoms with Gasteiger partial charge in [0.2, 0.25) is 0 Å². The van der Waals surface area contributed by atoms with Crippen LogP contribution in [-0.2, 0) is 4.74 Å². The Balaban J connectivity index is 1.62. The maximum Gasteiger partial charge on any atom is 0.127 e. The first kappa shape index (κ1) is 15.7. The summed E-state index contributed by atoms with van der Waals surface area (Å²) in [4.78, 5) is 6.69. The highest BCUT2D eigenvalue weighted by Crippen LogP contribution is 2.11. The molecule has 1 aromatic heterocycles. The maximum atomic E-state index is 8.84. The van der Waals surface area contributed by atoms with Crippen LogP contribution in [0.2, 0.25) is 0 Å². The second kappa shape index (κ2) is 7.96. The lowest BCUT2D eigenvalue weighted by Gasteiger charge is -2.35. The van der Waals surface area contributed by atoms with Crippen LogP contribution in [0.15, 0.2) is 18.3 Å². The Kier molecular flexibility index (Phi) is 5.97. The van der Waals surface area contributed by atoms with Gasteiger partial charge in [-0.15, -0.1) is 0 Å². The number of anilines is 1. The molecule has 2 rings (SSSR count). The molecule has 1 aliphatic rings. The van der Waals surface area contributed by atoms with E-state index in [-0.39, 0.29) is 0 Å². The highest BCUT2D eigenvalue weighted by molar-refractivity contribution is 5.42. The first-order valence-electron chi connectivity index (χ1n) is 7.65. The number of aromatic nitrogens is 1. The molecule has 0 bridgehead atoms. The zero-order valence-electron chi connectivity index (χ0n) is 12.9. The average Bonchev–Trinajstić information content (AvgIpc) is 2.46. The molecule has 0 radical (unpaired) electrons. The largest absolute Gasteiger partial charge is 0.373 e. The normalized spacial score (nSPS) is 22.7. The third-order valence-electron chi connectivity index (χ3n) is 3.59. The third-order valence-corrected chi connectivity index (χ3v) is 3.59. The van der Waals surface area contributed by atoms with Gasteiger partial charge in [0.25, 0.3) is 0 Å². The van der Waals surface area contributed by atoms with E-state index in [9.17, 15) is 0 Å². The number of hydrogen-bond donors (Lipinski definition) is 1. The van der Waals surface area contributed by atoms with Crippen LogP contribution >= 0.6 is 0 Å². The fourth-order valence-corrected chi connectivity index (χ4v) is 2.74. The number of morpholine rings is 1. The van der Waals surface area contributed by atoms with E-state index >= 15 is 0 Å². The van der Waals surface area contributed by atoms with Gasteiger partial charge >= 0.3 is 0 Å². The van der Waals surface area contributed by atoms with Gasteiger partial charge in [0.1, 0.15) is 5.82 Å². The Labute approximate surface area is 126 Å². The van der Waals surface area contributed by atoms with Crippen LogP contribution in [0.3, 0.4) is 0 Å². The minimum Gasteiger partial charge on any atom is -0.373 e. The Morgan fingerprint density at radius 2 is 2.14 bits per heavy atom. The topological polar surface area (TPSA) is 61.2 Å². The molecule has 0 saturated carbocycles. The van der Waals surface area contributed by atoms with Crippen molar-refractivity contribution in [1.29, 1.82) is 5.26 Å². The van der Waals surface area contributed by atoms with E-state index in [1.165, 1.54) is 0 Å². The maximum absolute atomic E-state index is 8.84. The van der Waals surface area contributed by atoms with Crippen LogP contribution < -0.4 is 5.32 Å². The molecule has 1 aromatic rings. The Morgan fingerprint density at radius 3 is 2.86 bits per heavy atom. The van der Waals surface area contributed by atoms with Gasteiger partial charge in [-0.25, -0.2) is 4.98 Å². The summed E-state index contributed by atoms with van der Waals surface area (Å²) < 4.78 is 5.73. The van der Waals surface area contributed by atoms with Gasteiger partial charge in [-0.2, -0.15) is 5.26 Å². The van der Waals surface area contributed by atoms with Gasteiger partial charge in [0.15, 0.2) is 0 Å². The molecule has 21 heavy (non-hydrogen) atoms. The first-order chi connectivity index (χ1) is 10.2. The van der Waals surface area contributed by atoms with Crippen molar-refractivity contribution < 1.29 is 4.74 Å². The molecule has 2 atom stereocenters. The minimum absolute atomic E-state index is 0.338. The molecular formula is C16H24N4O. The number of nitrogens with zero attached hydrogens (tertiary/aromatic N) is 3. The van der Waals surface area contributed by atoms with Crippen molar-refractivity contribution >= 4 is 5.82 Å². The summed E-state index contributed by atoms with van der Waals surface area (Å²) in [7, 11) is 0. The first-order valence-corrected chi connectivity index (χ1v) is 7.65. The van der Waals surface area contributed by atoms with Gasteiger partial charge in [0, 0.05) is 25.8 Å². The van der Waals surface area contributed by atoms with Crippen LogP contribution in [0.25, 0.3) is 0 Å². The molecule has 2 heterocycles. The Bertz CT molecular complexity index is 475. The molecule has 5 nitrogen and oxygen atoms in total. The van der Waals surface area contributed by atoms with Gasteiger partial charge < -0.3 is 10.1 Å². The molecule has 114 valence electrons. The van der Waals surface area contributed by atoms with Crippen molar-refractivity contribution in [2.45, 2.75) is 38.9 Å². The summed E-state index contributed by atoms with van der Waals surface area (Å²) in [5.41, 5.74) is 0.642. The van der Waals surface area contributed by atoms with Crippen molar-refractivity contribution in [3.05, 3.63) is 23.9 Å². The van der Waals surface area contributed by atoms with Gasteiger partial charge in [-0.05, 0) is 45.4 Å². The second-order valence-electron chi connectivity index (χ2n) is 5.69. The highest BCUT2D eigenvalue weighted by Gasteiger charge is 2.21. The Hall–Kier alpha value is -1.64. The number of ether oxygens (including phenoxy) is 1. The standard InChI is InChI=1S/C16H24N4O/c1-13-11-20(12-14(2)21-13)8-4-3-6-18-16-9-15(10-17)5-7-19-16/h5,7,9,13-14H,3-4,6,8,11-12H2,1-2H3,(H,18,19)/t13-,14-/m0/s1. The second-order valence-corrected chi connectivity index (χ2v) is 5.69. The molecular weight excluding hydrogens is 264 g/mol. The van der Waals surface area contributed by atoms with Crippen LogP contribution in [0.1, 0.15) is 32.3 Å². The summed E-state index contributed by atoms with van der Waals surface area (Å²) in [5.74, 6) is 0.780. The number of rotatable bonds is 6. The minimum atomic E-state index is 0.338. The van der Waals surface area contributed by atoms with E-state index in [0.29, 0.717) is 17.8 Å². The van der Waals surface area contributed by atoms with E-state index in [1.54, 1.807) is 18.3 Å². The van der Waals surface area contributed by atoms with Gasteiger partial charge in [-0.3, -0.25) is 4.90 Å². The zero-order valence-corrected chi connectivity index (χ0v) is 12.9. The Morgan fingerprint density at radius 1 is 1.38 bits per heavy atom. The molecule has 1 aliphatic heterocycles. The molecule has 0 spiro atoms.